The maximum atomic E-state index is 13.5. The van der Waals surface area contributed by atoms with E-state index in [1.54, 1.807) is 6.07 Å². The largest absolute Gasteiger partial charge is 0.378 e. The van der Waals surface area contributed by atoms with E-state index in [0.29, 0.717) is 12.0 Å². The number of ether oxygens (including phenoxy) is 1. The van der Waals surface area contributed by atoms with Crippen molar-refractivity contribution < 1.29 is 9.13 Å². The topological polar surface area (TPSA) is 21.3 Å². The van der Waals surface area contributed by atoms with Crippen molar-refractivity contribution in [2.24, 2.45) is 5.92 Å². The van der Waals surface area contributed by atoms with Crippen molar-refractivity contribution in [2.75, 3.05) is 13.2 Å². The van der Waals surface area contributed by atoms with Gasteiger partial charge in [0.25, 0.3) is 0 Å². The van der Waals surface area contributed by atoms with Crippen LogP contribution in [-0.4, -0.2) is 25.3 Å². The highest BCUT2D eigenvalue weighted by Gasteiger charge is 2.24. The number of nitrogens with one attached hydrogen (secondary N) is 1. The van der Waals surface area contributed by atoms with E-state index in [1.165, 1.54) is 6.07 Å². The summed E-state index contributed by atoms with van der Waals surface area (Å²) < 4.78 is 19.0. The first-order valence-corrected chi connectivity index (χ1v) is 6.75. The summed E-state index contributed by atoms with van der Waals surface area (Å²) in [6.45, 7) is 6.06. The minimum Gasteiger partial charge on any atom is -0.378 e. The summed E-state index contributed by atoms with van der Waals surface area (Å²) in [5.41, 5.74) is 0.785. The number of hydrogen-bond acceptors (Lipinski definition) is 2. The summed E-state index contributed by atoms with van der Waals surface area (Å²) in [7, 11) is 0. The van der Waals surface area contributed by atoms with Crippen molar-refractivity contribution in [3.63, 3.8) is 0 Å². The Hall–Kier alpha value is -0.930. The Balaban J connectivity index is 1.78. The van der Waals surface area contributed by atoms with Crippen LogP contribution in [0.1, 0.15) is 25.8 Å². The van der Waals surface area contributed by atoms with Gasteiger partial charge in [-0.05, 0) is 44.2 Å². The molecule has 2 nitrogen and oxygen atoms in total. The Bertz CT molecular complexity index is 383. The number of benzene rings is 1. The molecule has 3 heteroatoms. The maximum absolute atomic E-state index is 13.5. The van der Waals surface area contributed by atoms with Crippen LogP contribution in [0, 0.1) is 11.7 Å². The van der Waals surface area contributed by atoms with E-state index in [0.717, 1.165) is 31.6 Å². The number of hydrogen-bond donors (Lipinski definition) is 1. The second-order valence-corrected chi connectivity index (χ2v) is 5.23. The normalized spacial score (nSPS) is 25.3. The monoisotopic (exact) mass is 251 g/mol. The van der Waals surface area contributed by atoms with Gasteiger partial charge in [0, 0.05) is 19.2 Å². The SMILES string of the molecule is CC(Cc1ccccc1F)NCC1CCOC1C. The van der Waals surface area contributed by atoms with Gasteiger partial charge >= 0.3 is 0 Å². The average molecular weight is 251 g/mol. The molecular formula is C15H22FNO. The minimum absolute atomic E-state index is 0.108. The summed E-state index contributed by atoms with van der Waals surface area (Å²) in [5, 5.41) is 3.48. The van der Waals surface area contributed by atoms with Crippen molar-refractivity contribution >= 4 is 0 Å². The van der Waals surface area contributed by atoms with E-state index in [-0.39, 0.29) is 11.9 Å². The summed E-state index contributed by atoms with van der Waals surface area (Å²) in [6, 6.07) is 7.28. The Morgan fingerprint density at radius 2 is 2.22 bits per heavy atom. The van der Waals surface area contributed by atoms with Crippen LogP contribution in [0.5, 0.6) is 0 Å². The fourth-order valence-electron chi connectivity index (χ4n) is 2.46. The molecule has 18 heavy (non-hydrogen) atoms. The maximum Gasteiger partial charge on any atom is 0.126 e. The Kier molecular flexibility index (Phi) is 4.72. The highest BCUT2D eigenvalue weighted by Crippen LogP contribution is 2.19. The Morgan fingerprint density at radius 1 is 1.44 bits per heavy atom. The van der Waals surface area contributed by atoms with Crippen molar-refractivity contribution in [1.29, 1.82) is 0 Å². The first-order chi connectivity index (χ1) is 8.66. The second-order valence-electron chi connectivity index (χ2n) is 5.23. The van der Waals surface area contributed by atoms with Crippen molar-refractivity contribution in [1.82, 2.24) is 5.32 Å². The van der Waals surface area contributed by atoms with Crippen molar-refractivity contribution in [2.45, 2.75) is 38.8 Å². The molecule has 1 saturated heterocycles. The van der Waals surface area contributed by atoms with E-state index in [1.807, 2.05) is 12.1 Å². The second kappa shape index (κ2) is 6.30. The van der Waals surface area contributed by atoms with Crippen LogP contribution in [0.2, 0.25) is 0 Å². The molecule has 1 aromatic rings. The fourth-order valence-corrected chi connectivity index (χ4v) is 2.46. The number of halogens is 1. The molecule has 0 aromatic heterocycles. The van der Waals surface area contributed by atoms with E-state index < -0.39 is 0 Å². The molecule has 1 aliphatic rings. The predicted molar refractivity (Wildman–Crippen MR) is 71.1 cm³/mol. The van der Waals surface area contributed by atoms with Gasteiger partial charge in [-0.15, -0.1) is 0 Å². The third kappa shape index (κ3) is 3.53. The lowest BCUT2D eigenvalue weighted by Gasteiger charge is -2.19. The third-order valence-corrected chi connectivity index (χ3v) is 3.75. The lowest BCUT2D eigenvalue weighted by Crippen LogP contribution is -2.35. The zero-order valence-corrected chi connectivity index (χ0v) is 11.2. The molecular weight excluding hydrogens is 229 g/mol. The molecule has 1 N–H and O–H groups in total. The van der Waals surface area contributed by atoms with Crippen LogP contribution < -0.4 is 5.32 Å². The van der Waals surface area contributed by atoms with E-state index in [4.69, 9.17) is 4.74 Å². The van der Waals surface area contributed by atoms with E-state index in [9.17, 15) is 4.39 Å². The molecule has 0 aliphatic carbocycles. The summed E-state index contributed by atoms with van der Waals surface area (Å²) in [6.07, 6.45) is 2.20. The summed E-state index contributed by atoms with van der Waals surface area (Å²) in [4.78, 5) is 0. The highest BCUT2D eigenvalue weighted by molar-refractivity contribution is 5.18. The third-order valence-electron chi connectivity index (χ3n) is 3.75. The van der Waals surface area contributed by atoms with Crippen LogP contribution in [0.15, 0.2) is 24.3 Å². The summed E-state index contributed by atoms with van der Waals surface area (Å²) in [5.74, 6) is 0.483. The zero-order valence-electron chi connectivity index (χ0n) is 11.2. The molecule has 0 amide bonds. The minimum atomic E-state index is -0.108. The van der Waals surface area contributed by atoms with Gasteiger partial charge < -0.3 is 10.1 Å². The molecule has 1 heterocycles. The van der Waals surface area contributed by atoms with Crippen LogP contribution in [0.3, 0.4) is 0 Å². The lowest BCUT2D eigenvalue weighted by molar-refractivity contribution is 0.105. The summed E-state index contributed by atoms with van der Waals surface area (Å²) >= 11 is 0. The van der Waals surface area contributed by atoms with Gasteiger partial charge in [0.05, 0.1) is 6.10 Å². The predicted octanol–water partition coefficient (Wildman–Crippen LogP) is 2.77. The average Bonchev–Trinajstić information content (AvgIpc) is 2.75. The van der Waals surface area contributed by atoms with Gasteiger partial charge in [0.2, 0.25) is 0 Å². The molecule has 1 aromatic carbocycles. The zero-order chi connectivity index (χ0) is 13.0. The van der Waals surface area contributed by atoms with Crippen LogP contribution in [0.4, 0.5) is 4.39 Å². The van der Waals surface area contributed by atoms with E-state index in [2.05, 4.69) is 19.2 Å². The molecule has 0 spiro atoms. The van der Waals surface area contributed by atoms with Gasteiger partial charge in [-0.25, -0.2) is 4.39 Å². The Labute approximate surface area is 109 Å². The molecule has 0 bridgehead atoms. The molecule has 0 radical (unpaired) electrons. The quantitative estimate of drug-likeness (QED) is 0.869. The molecule has 100 valence electrons. The molecule has 2 rings (SSSR count). The smallest absolute Gasteiger partial charge is 0.126 e. The molecule has 1 fully saturated rings. The molecule has 3 unspecified atom stereocenters. The fraction of sp³-hybridized carbons (Fsp3) is 0.600. The van der Waals surface area contributed by atoms with Crippen LogP contribution >= 0.6 is 0 Å². The van der Waals surface area contributed by atoms with Gasteiger partial charge in [-0.1, -0.05) is 18.2 Å². The van der Waals surface area contributed by atoms with Gasteiger partial charge in [-0.3, -0.25) is 0 Å². The Morgan fingerprint density at radius 3 is 2.89 bits per heavy atom. The van der Waals surface area contributed by atoms with Crippen LogP contribution in [0.25, 0.3) is 0 Å². The van der Waals surface area contributed by atoms with Gasteiger partial charge in [-0.2, -0.15) is 0 Å². The molecule has 3 atom stereocenters. The first kappa shape index (κ1) is 13.5. The van der Waals surface area contributed by atoms with Crippen molar-refractivity contribution in [3.05, 3.63) is 35.6 Å². The van der Waals surface area contributed by atoms with E-state index >= 15 is 0 Å². The van der Waals surface area contributed by atoms with Crippen molar-refractivity contribution in [3.8, 4) is 0 Å². The number of rotatable bonds is 5. The molecule has 1 aliphatic heterocycles. The molecule has 0 saturated carbocycles. The lowest BCUT2D eigenvalue weighted by atomic mass is 10.0. The van der Waals surface area contributed by atoms with Gasteiger partial charge in [0.15, 0.2) is 0 Å². The highest BCUT2D eigenvalue weighted by atomic mass is 19.1. The van der Waals surface area contributed by atoms with Crippen LogP contribution in [-0.2, 0) is 11.2 Å². The standard InChI is InChI=1S/C15H22FNO/c1-11(9-13-5-3-4-6-15(13)16)17-10-14-7-8-18-12(14)2/h3-6,11-12,14,17H,7-10H2,1-2H3. The first-order valence-electron chi connectivity index (χ1n) is 6.75. The van der Waals surface area contributed by atoms with Gasteiger partial charge in [0.1, 0.15) is 5.82 Å².